The zero-order chi connectivity index (χ0) is 16.1. The number of benzene rings is 1. The van der Waals surface area contributed by atoms with E-state index in [4.69, 9.17) is 12.2 Å². The number of thiocarbonyl (C=S) groups is 1. The summed E-state index contributed by atoms with van der Waals surface area (Å²) >= 11 is 6.36. The van der Waals surface area contributed by atoms with Gasteiger partial charge in [-0.15, -0.1) is 0 Å². The second-order valence-electron chi connectivity index (χ2n) is 4.57. The van der Waals surface area contributed by atoms with Crippen molar-refractivity contribution in [1.29, 1.82) is 0 Å². The van der Waals surface area contributed by atoms with Crippen molar-refractivity contribution in [1.82, 2.24) is 4.90 Å². The number of amides is 1. The summed E-state index contributed by atoms with van der Waals surface area (Å²) in [6, 6.07) is 5.99. The number of carbonyl (C=O) groups excluding carboxylic acids is 2. The average Bonchev–Trinajstić information content (AvgIpc) is 2.74. The third kappa shape index (κ3) is 4.14. The lowest BCUT2D eigenvalue weighted by atomic mass is 10.2. The highest BCUT2D eigenvalue weighted by Crippen LogP contribution is 2.32. The second-order valence-corrected chi connectivity index (χ2v) is 6.24. The van der Waals surface area contributed by atoms with Gasteiger partial charge in [0, 0.05) is 13.0 Å². The molecule has 0 bridgehead atoms. The fourth-order valence-corrected chi connectivity index (χ4v) is 3.23. The number of carbonyl (C=O) groups is 2. The molecule has 0 spiro atoms. The van der Waals surface area contributed by atoms with Crippen LogP contribution < -0.4 is 0 Å². The lowest BCUT2D eigenvalue weighted by Gasteiger charge is -2.13. The van der Waals surface area contributed by atoms with Crippen LogP contribution in [-0.2, 0) is 14.3 Å². The first-order valence-corrected chi connectivity index (χ1v) is 7.81. The largest absolute Gasteiger partial charge is 0.469 e. The van der Waals surface area contributed by atoms with Gasteiger partial charge in [-0.2, -0.15) is 0 Å². The van der Waals surface area contributed by atoms with Crippen LogP contribution in [0, 0.1) is 5.82 Å². The van der Waals surface area contributed by atoms with Crippen molar-refractivity contribution in [3.05, 3.63) is 40.6 Å². The van der Waals surface area contributed by atoms with Gasteiger partial charge >= 0.3 is 5.97 Å². The third-order valence-corrected chi connectivity index (χ3v) is 4.39. The molecular weight excluding hydrogens is 325 g/mol. The first kappa shape index (κ1) is 16.6. The molecule has 0 aliphatic carbocycles. The number of nitrogens with zero attached hydrogens (tertiary/aromatic N) is 1. The van der Waals surface area contributed by atoms with Crippen LogP contribution in [0.4, 0.5) is 4.39 Å². The molecule has 116 valence electrons. The number of hydrogen-bond donors (Lipinski definition) is 0. The van der Waals surface area contributed by atoms with Gasteiger partial charge in [-0.05, 0) is 30.2 Å². The maximum atomic E-state index is 13.2. The van der Waals surface area contributed by atoms with Crippen LogP contribution in [0.5, 0.6) is 0 Å². The van der Waals surface area contributed by atoms with E-state index in [-0.39, 0.29) is 24.1 Å². The van der Waals surface area contributed by atoms with E-state index < -0.39 is 0 Å². The Hall–Kier alpha value is -1.73. The van der Waals surface area contributed by atoms with Crippen molar-refractivity contribution in [3.8, 4) is 0 Å². The molecule has 0 atom stereocenters. The Kier molecular flexibility index (Phi) is 5.68. The first-order valence-electron chi connectivity index (χ1n) is 6.59. The topological polar surface area (TPSA) is 46.6 Å². The van der Waals surface area contributed by atoms with Gasteiger partial charge in [0.15, 0.2) is 0 Å². The molecule has 1 aliphatic heterocycles. The molecule has 0 unspecified atom stereocenters. The number of hydrogen-bond acceptors (Lipinski definition) is 5. The third-order valence-electron chi connectivity index (χ3n) is 3.01. The molecular formula is C15H14FNO3S2. The Bertz CT molecular complexity index is 645. The molecule has 1 saturated heterocycles. The van der Waals surface area contributed by atoms with Crippen molar-refractivity contribution >= 4 is 46.3 Å². The lowest BCUT2D eigenvalue weighted by molar-refractivity contribution is -0.141. The fourth-order valence-electron chi connectivity index (χ4n) is 1.92. The highest BCUT2D eigenvalue weighted by Gasteiger charge is 2.31. The van der Waals surface area contributed by atoms with Crippen LogP contribution >= 0.6 is 24.0 Å². The summed E-state index contributed by atoms with van der Waals surface area (Å²) in [4.78, 5) is 25.3. The minimum Gasteiger partial charge on any atom is -0.469 e. The summed E-state index contributed by atoms with van der Waals surface area (Å²) in [7, 11) is 1.32. The summed E-state index contributed by atoms with van der Waals surface area (Å²) in [5.74, 6) is -0.896. The van der Waals surface area contributed by atoms with Gasteiger partial charge in [0.2, 0.25) is 0 Å². The number of halogens is 1. The number of ether oxygens (including phenoxy) is 1. The van der Waals surface area contributed by atoms with Gasteiger partial charge in [-0.25, -0.2) is 4.39 Å². The van der Waals surface area contributed by atoms with E-state index in [1.165, 1.54) is 35.9 Å². The molecule has 0 radical (unpaired) electrons. The Balaban J connectivity index is 2.03. The van der Waals surface area contributed by atoms with E-state index >= 15 is 0 Å². The van der Waals surface area contributed by atoms with Gasteiger partial charge in [0.25, 0.3) is 5.91 Å². The van der Waals surface area contributed by atoms with Crippen molar-refractivity contribution in [3.63, 3.8) is 0 Å². The predicted octanol–water partition coefficient (Wildman–Crippen LogP) is 2.98. The molecule has 2 rings (SSSR count). The van der Waals surface area contributed by atoms with E-state index in [1.54, 1.807) is 18.2 Å². The van der Waals surface area contributed by atoms with Gasteiger partial charge < -0.3 is 4.74 Å². The fraction of sp³-hybridized carbons (Fsp3) is 0.267. The van der Waals surface area contributed by atoms with Crippen LogP contribution in [0.3, 0.4) is 0 Å². The number of methoxy groups -OCH3 is 1. The van der Waals surface area contributed by atoms with Crippen molar-refractivity contribution in [2.45, 2.75) is 12.8 Å². The quantitative estimate of drug-likeness (QED) is 0.469. The standard InChI is InChI=1S/C15H14FNO3S2/c1-20-13(18)6-3-7-17-14(19)12(22-15(17)21)9-10-4-2-5-11(16)8-10/h2,4-5,8-9H,3,6-7H2,1H3/b12-9-. The summed E-state index contributed by atoms with van der Waals surface area (Å²) in [6.07, 6.45) is 2.32. The number of thioether (sulfide) groups is 1. The van der Waals surface area contributed by atoms with Gasteiger partial charge in [-0.1, -0.05) is 36.1 Å². The molecule has 22 heavy (non-hydrogen) atoms. The smallest absolute Gasteiger partial charge is 0.305 e. The van der Waals surface area contributed by atoms with Crippen molar-refractivity contribution < 1.29 is 18.7 Å². The molecule has 0 N–H and O–H groups in total. The zero-order valence-corrected chi connectivity index (χ0v) is 13.5. The van der Waals surface area contributed by atoms with Crippen molar-refractivity contribution in [2.75, 3.05) is 13.7 Å². The van der Waals surface area contributed by atoms with Gasteiger partial charge in [0.1, 0.15) is 10.1 Å². The van der Waals surface area contributed by atoms with E-state index in [9.17, 15) is 14.0 Å². The van der Waals surface area contributed by atoms with Crippen LogP contribution in [0.25, 0.3) is 6.08 Å². The van der Waals surface area contributed by atoms with Gasteiger partial charge in [-0.3, -0.25) is 14.5 Å². The van der Waals surface area contributed by atoms with Crippen LogP contribution in [0.15, 0.2) is 29.2 Å². The van der Waals surface area contributed by atoms with Crippen LogP contribution in [0.1, 0.15) is 18.4 Å². The molecule has 0 saturated carbocycles. The maximum Gasteiger partial charge on any atom is 0.305 e. The molecule has 1 aromatic rings. The summed E-state index contributed by atoms with van der Waals surface area (Å²) in [6.45, 7) is 0.361. The van der Waals surface area contributed by atoms with E-state index in [0.29, 0.717) is 27.8 Å². The number of esters is 1. The Labute approximate surface area is 137 Å². The highest BCUT2D eigenvalue weighted by molar-refractivity contribution is 8.26. The van der Waals surface area contributed by atoms with Crippen molar-refractivity contribution in [2.24, 2.45) is 0 Å². The predicted molar refractivity (Wildman–Crippen MR) is 87.5 cm³/mol. The Morgan fingerprint density at radius 2 is 2.27 bits per heavy atom. The first-order chi connectivity index (χ1) is 10.5. The molecule has 1 amide bonds. The lowest BCUT2D eigenvalue weighted by Crippen LogP contribution is -2.29. The minimum absolute atomic E-state index is 0.218. The normalized spacial score (nSPS) is 16.5. The number of rotatable bonds is 5. The summed E-state index contributed by atoms with van der Waals surface area (Å²) in [5, 5.41) is 0. The highest BCUT2D eigenvalue weighted by atomic mass is 32.2. The molecule has 4 nitrogen and oxygen atoms in total. The SMILES string of the molecule is COC(=O)CCCN1C(=O)/C(=C/c2cccc(F)c2)SC1=S. The monoisotopic (exact) mass is 339 g/mol. The minimum atomic E-state index is -0.359. The zero-order valence-electron chi connectivity index (χ0n) is 11.9. The molecule has 1 heterocycles. The van der Waals surface area contributed by atoms with Crippen LogP contribution in [-0.4, -0.2) is 34.8 Å². The molecule has 1 aliphatic rings. The van der Waals surface area contributed by atoms with Gasteiger partial charge in [0.05, 0.1) is 12.0 Å². The molecule has 0 aromatic heterocycles. The summed E-state index contributed by atoms with van der Waals surface area (Å²) in [5.41, 5.74) is 0.607. The Morgan fingerprint density at radius 3 is 2.95 bits per heavy atom. The molecule has 7 heteroatoms. The second kappa shape index (κ2) is 7.51. The van der Waals surface area contributed by atoms with E-state index in [0.717, 1.165) is 0 Å². The average molecular weight is 339 g/mol. The van der Waals surface area contributed by atoms with Crippen LogP contribution in [0.2, 0.25) is 0 Å². The summed E-state index contributed by atoms with van der Waals surface area (Å²) < 4.78 is 18.2. The Morgan fingerprint density at radius 1 is 1.50 bits per heavy atom. The van der Waals surface area contributed by atoms with E-state index in [2.05, 4.69) is 4.74 Å². The van der Waals surface area contributed by atoms with E-state index in [1.807, 2.05) is 0 Å². The molecule has 1 aromatic carbocycles. The maximum absolute atomic E-state index is 13.2. The molecule has 1 fully saturated rings.